The Labute approximate surface area is 169 Å². The van der Waals surface area contributed by atoms with Crippen molar-refractivity contribution in [1.82, 2.24) is 0 Å². The summed E-state index contributed by atoms with van der Waals surface area (Å²) in [6.45, 7) is 3.77. The zero-order chi connectivity index (χ0) is 18.8. The first-order valence-electron chi connectivity index (χ1n) is 8.03. The molecule has 0 aliphatic heterocycles. The van der Waals surface area contributed by atoms with Crippen molar-refractivity contribution in [3.63, 3.8) is 0 Å². The summed E-state index contributed by atoms with van der Waals surface area (Å²) in [6.07, 6.45) is 0. The molecule has 3 aromatic rings. The van der Waals surface area contributed by atoms with Crippen LogP contribution in [0.25, 0.3) is 11.1 Å². The maximum atomic E-state index is 13.0. The van der Waals surface area contributed by atoms with Gasteiger partial charge in [0.2, 0.25) is 0 Å². The molecule has 2 nitrogen and oxygen atoms in total. The number of ketones is 1. The highest BCUT2D eigenvalue weighted by Gasteiger charge is 2.20. The highest BCUT2D eigenvalue weighted by atomic mass is 79.9. The second-order valence-corrected chi connectivity index (χ2v) is 7.90. The average Bonchev–Trinajstić information content (AvgIpc) is 2.62. The number of nitrogens with zero attached hydrogens (tertiary/aromatic N) is 1. The van der Waals surface area contributed by atoms with Crippen molar-refractivity contribution in [3.05, 3.63) is 91.4 Å². The van der Waals surface area contributed by atoms with Gasteiger partial charge in [0.1, 0.15) is 6.07 Å². The maximum Gasteiger partial charge on any atom is 0.193 e. The molecule has 0 unspecified atom stereocenters. The Kier molecular flexibility index (Phi) is 5.41. The molecule has 3 aromatic carbocycles. The van der Waals surface area contributed by atoms with E-state index in [0.29, 0.717) is 16.7 Å². The lowest BCUT2D eigenvalue weighted by Gasteiger charge is -2.15. The molecule has 0 amide bonds. The minimum atomic E-state index is -0.0636. The van der Waals surface area contributed by atoms with E-state index in [-0.39, 0.29) is 5.78 Å². The molecule has 0 fully saturated rings. The number of halogens is 2. The van der Waals surface area contributed by atoms with Gasteiger partial charge in [0.05, 0.1) is 5.56 Å². The van der Waals surface area contributed by atoms with Crippen LogP contribution in [0.3, 0.4) is 0 Å². The lowest BCUT2D eigenvalue weighted by Crippen LogP contribution is -2.08. The first kappa shape index (κ1) is 18.6. The van der Waals surface area contributed by atoms with Gasteiger partial charge in [0.25, 0.3) is 0 Å². The van der Waals surface area contributed by atoms with E-state index in [2.05, 4.69) is 37.9 Å². The van der Waals surface area contributed by atoms with Crippen LogP contribution in [-0.2, 0) is 0 Å². The van der Waals surface area contributed by atoms with Crippen molar-refractivity contribution in [3.8, 4) is 17.2 Å². The lowest BCUT2D eigenvalue weighted by atomic mass is 9.87. The van der Waals surface area contributed by atoms with Crippen LogP contribution in [0.4, 0.5) is 0 Å². The molecule has 0 N–H and O–H groups in total. The lowest BCUT2D eigenvalue weighted by molar-refractivity contribution is 0.103. The zero-order valence-corrected chi connectivity index (χ0v) is 17.5. The van der Waals surface area contributed by atoms with Crippen LogP contribution in [0.5, 0.6) is 0 Å². The molecule has 26 heavy (non-hydrogen) atoms. The number of aryl methyl sites for hydroxylation is 1. The molecule has 0 radical (unpaired) electrons. The number of carbonyl (C=O) groups excluding carboxylic acids is 1. The third kappa shape index (κ3) is 3.51. The normalized spacial score (nSPS) is 10.4. The molecule has 3 rings (SSSR count). The van der Waals surface area contributed by atoms with Crippen LogP contribution in [0.1, 0.15) is 32.6 Å². The summed E-state index contributed by atoms with van der Waals surface area (Å²) in [6, 6.07) is 19.3. The summed E-state index contributed by atoms with van der Waals surface area (Å²) < 4.78 is 1.90. The molecule has 0 aromatic heterocycles. The minimum absolute atomic E-state index is 0.0636. The highest BCUT2D eigenvalue weighted by molar-refractivity contribution is 9.10. The molecule has 0 heterocycles. The molecule has 0 spiro atoms. The van der Waals surface area contributed by atoms with E-state index in [1.54, 1.807) is 12.1 Å². The van der Waals surface area contributed by atoms with Gasteiger partial charge in [-0.05, 0) is 73.0 Å². The van der Waals surface area contributed by atoms with Crippen LogP contribution in [0, 0.1) is 25.2 Å². The Hall–Kier alpha value is -2.22. The second-order valence-electron chi connectivity index (χ2n) is 6.07. The van der Waals surface area contributed by atoms with Crippen LogP contribution in [-0.4, -0.2) is 5.78 Å². The van der Waals surface area contributed by atoms with Crippen molar-refractivity contribution in [2.45, 2.75) is 13.8 Å². The van der Waals surface area contributed by atoms with Crippen LogP contribution >= 0.6 is 31.9 Å². The standard InChI is InChI=1S/C22H15Br2NO/c1-13-11-19(15-3-7-17(23)8-4-15)20(12-25)14(2)21(13)22(26)16-5-9-18(24)10-6-16/h3-11H,1-2H3. The molecule has 0 aliphatic carbocycles. The smallest absolute Gasteiger partial charge is 0.193 e. The third-order valence-corrected chi connectivity index (χ3v) is 5.43. The van der Waals surface area contributed by atoms with E-state index in [1.807, 2.05) is 56.3 Å². The van der Waals surface area contributed by atoms with E-state index in [1.165, 1.54) is 0 Å². The third-order valence-electron chi connectivity index (χ3n) is 4.38. The van der Waals surface area contributed by atoms with E-state index >= 15 is 0 Å². The quantitative estimate of drug-likeness (QED) is 0.406. The fourth-order valence-electron chi connectivity index (χ4n) is 3.08. The fraction of sp³-hybridized carbons (Fsp3) is 0.0909. The van der Waals surface area contributed by atoms with Crippen molar-refractivity contribution >= 4 is 37.6 Å². The molecule has 4 heteroatoms. The van der Waals surface area contributed by atoms with Crippen molar-refractivity contribution < 1.29 is 4.79 Å². The fourth-order valence-corrected chi connectivity index (χ4v) is 3.61. The van der Waals surface area contributed by atoms with Gasteiger partial charge >= 0.3 is 0 Å². The van der Waals surface area contributed by atoms with Gasteiger partial charge in [-0.1, -0.05) is 44.0 Å². The Morgan fingerprint density at radius 1 is 0.923 bits per heavy atom. The van der Waals surface area contributed by atoms with Gasteiger partial charge in [-0.15, -0.1) is 0 Å². The van der Waals surface area contributed by atoms with Crippen molar-refractivity contribution in [2.75, 3.05) is 0 Å². The van der Waals surface area contributed by atoms with Gasteiger partial charge in [0, 0.05) is 25.6 Å². The van der Waals surface area contributed by atoms with Gasteiger partial charge < -0.3 is 0 Å². The van der Waals surface area contributed by atoms with E-state index in [9.17, 15) is 10.1 Å². The average molecular weight is 469 g/mol. The Morgan fingerprint density at radius 2 is 1.46 bits per heavy atom. The topological polar surface area (TPSA) is 40.9 Å². The predicted molar refractivity (Wildman–Crippen MR) is 111 cm³/mol. The molecule has 0 aliphatic rings. The van der Waals surface area contributed by atoms with E-state index in [4.69, 9.17) is 0 Å². The largest absolute Gasteiger partial charge is 0.289 e. The number of benzene rings is 3. The van der Waals surface area contributed by atoms with Gasteiger partial charge in [-0.3, -0.25) is 4.79 Å². The maximum absolute atomic E-state index is 13.0. The Morgan fingerprint density at radius 3 is 2.00 bits per heavy atom. The summed E-state index contributed by atoms with van der Waals surface area (Å²) in [5.41, 5.74) is 5.15. The zero-order valence-electron chi connectivity index (χ0n) is 14.3. The molecule has 0 atom stereocenters. The van der Waals surface area contributed by atoms with Crippen LogP contribution < -0.4 is 0 Å². The number of carbonyl (C=O) groups is 1. The first-order chi connectivity index (χ1) is 12.4. The van der Waals surface area contributed by atoms with E-state index < -0.39 is 0 Å². The predicted octanol–water partition coefficient (Wildman–Crippen LogP) is 6.60. The van der Waals surface area contributed by atoms with Crippen LogP contribution in [0.2, 0.25) is 0 Å². The molecule has 0 saturated carbocycles. The van der Waals surface area contributed by atoms with Gasteiger partial charge in [-0.25, -0.2) is 0 Å². The number of rotatable bonds is 3. The summed E-state index contributed by atoms with van der Waals surface area (Å²) in [5, 5.41) is 9.74. The minimum Gasteiger partial charge on any atom is -0.289 e. The molecule has 0 saturated heterocycles. The second kappa shape index (κ2) is 7.57. The molecule has 128 valence electrons. The van der Waals surface area contributed by atoms with Crippen molar-refractivity contribution in [2.24, 2.45) is 0 Å². The van der Waals surface area contributed by atoms with Gasteiger partial charge in [0.15, 0.2) is 5.78 Å². The monoisotopic (exact) mass is 467 g/mol. The molecular weight excluding hydrogens is 454 g/mol. The number of hydrogen-bond donors (Lipinski definition) is 0. The first-order valence-corrected chi connectivity index (χ1v) is 9.61. The summed E-state index contributed by atoms with van der Waals surface area (Å²) in [5.74, 6) is -0.0636. The molecular formula is C22H15Br2NO. The summed E-state index contributed by atoms with van der Waals surface area (Å²) in [7, 11) is 0. The SMILES string of the molecule is Cc1cc(-c2ccc(Br)cc2)c(C#N)c(C)c1C(=O)c1ccc(Br)cc1. The highest BCUT2D eigenvalue weighted by Crippen LogP contribution is 2.32. The van der Waals surface area contributed by atoms with E-state index in [0.717, 1.165) is 31.2 Å². The Bertz CT molecular complexity index is 1030. The summed E-state index contributed by atoms with van der Waals surface area (Å²) in [4.78, 5) is 13.0. The van der Waals surface area contributed by atoms with Gasteiger partial charge in [-0.2, -0.15) is 5.26 Å². The molecule has 0 bridgehead atoms. The number of hydrogen-bond acceptors (Lipinski definition) is 2. The van der Waals surface area contributed by atoms with Crippen LogP contribution in [0.15, 0.2) is 63.5 Å². The number of nitriles is 1. The summed E-state index contributed by atoms with van der Waals surface area (Å²) >= 11 is 6.82. The van der Waals surface area contributed by atoms with Crippen molar-refractivity contribution in [1.29, 1.82) is 5.26 Å². The Balaban J connectivity index is 2.17.